The highest BCUT2D eigenvalue weighted by Crippen LogP contribution is 2.60. The van der Waals surface area contributed by atoms with Crippen LogP contribution in [0.2, 0.25) is 0 Å². The minimum absolute atomic E-state index is 0.0337. The van der Waals surface area contributed by atoms with Crippen molar-refractivity contribution in [2.45, 2.75) is 120 Å². The van der Waals surface area contributed by atoms with E-state index in [2.05, 4.69) is 74.7 Å². The van der Waals surface area contributed by atoms with E-state index < -0.39 is 12.1 Å². The number of carbonyl (C=O) groups excluding carboxylic acids is 1. The molecule has 1 aliphatic heterocycles. The Kier molecular flexibility index (Phi) is 6.47. The van der Waals surface area contributed by atoms with Gasteiger partial charge in [-0.25, -0.2) is 0 Å². The molecule has 0 bridgehead atoms. The fraction of sp³-hybridized carbons (Fsp3) is 0.636. The molecule has 0 spiro atoms. The van der Waals surface area contributed by atoms with E-state index in [4.69, 9.17) is 4.98 Å². The summed E-state index contributed by atoms with van der Waals surface area (Å²) in [6.45, 7) is 10.2. The molecule has 204 valence electrons. The monoisotopic (exact) mass is 515 g/mol. The second-order valence-corrected chi connectivity index (χ2v) is 14.0. The molecule has 1 amide bonds. The second kappa shape index (κ2) is 9.45. The molecular formula is C33H45N3O2. The van der Waals surface area contributed by atoms with Gasteiger partial charge in [-0.15, -0.1) is 0 Å². The Balaban J connectivity index is 1.18. The zero-order chi connectivity index (χ0) is 26.7. The molecule has 1 aromatic heterocycles. The molecular weight excluding hydrogens is 470 g/mol. The third kappa shape index (κ3) is 4.60. The Bertz CT molecular complexity index is 1220. The summed E-state index contributed by atoms with van der Waals surface area (Å²) in [4.78, 5) is 18.0. The van der Waals surface area contributed by atoms with E-state index in [-0.39, 0.29) is 28.2 Å². The van der Waals surface area contributed by atoms with Crippen molar-refractivity contribution in [2.75, 3.05) is 6.54 Å². The number of benzene rings is 1. The van der Waals surface area contributed by atoms with Crippen molar-refractivity contribution in [1.82, 2.24) is 15.6 Å². The number of pyridine rings is 1. The van der Waals surface area contributed by atoms with Gasteiger partial charge in [-0.3, -0.25) is 9.78 Å². The van der Waals surface area contributed by atoms with Crippen molar-refractivity contribution in [2.24, 2.45) is 5.92 Å². The highest BCUT2D eigenvalue weighted by Gasteiger charge is 2.55. The van der Waals surface area contributed by atoms with E-state index in [0.717, 1.165) is 37.8 Å². The van der Waals surface area contributed by atoms with Gasteiger partial charge in [-0.05, 0) is 104 Å². The summed E-state index contributed by atoms with van der Waals surface area (Å²) in [6, 6.07) is 13.5. The van der Waals surface area contributed by atoms with Crippen LogP contribution < -0.4 is 10.6 Å². The maximum atomic E-state index is 12.7. The molecule has 2 aromatic rings. The summed E-state index contributed by atoms with van der Waals surface area (Å²) in [5.74, 6) is 0.608. The molecule has 3 aliphatic carbocycles. The van der Waals surface area contributed by atoms with Gasteiger partial charge in [0.25, 0.3) is 0 Å². The topological polar surface area (TPSA) is 74.2 Å². The first-order valence-corrected chi connectivity index (χ1v) is 14.9. The summed E-state index contributed by atoms with van der Waals surface area (Å²) in [6.07, 6.45) is 9.10. The zero-order valence-corrected chi connectivity index (χ0v) is 23.6. The molecule has 38 heavy (non-hydrogen) atoms. The Labute approximate surface area is 228 Å². The molecule has 5 atom stereocenters. The fourth-order valence-electron chi connectivity index (χ4n) is 7.73. The van der Waals surface area contributed by atoms with Gasteiger partial charge >= 0.3 is 0 Å². The number of rotatable bonds is 4. The molecule has 3 fully saturated rings. The average Bonchev–Trinajstić information content (AvgIpc) is 3.40. The van der Waals surface area contributed by atoms with Gasteiger partial charge in [0, 0.05) is 22.7 Å². The second-order valence-electron chi connectivity index (χ2n) is 14.0. The summed E-state index contributed by atoms with van der Waals surface area (Å²) in [5.41, 5.74) is 7.19. The smallest absolute Gasteiger partial charge is 0.240 e. The lowest BCUT2D eigenvalue weighted by Gasteiger charge is -2.42. The maximum absolute atomic E-state index is 12.7. The third-order valence-electron chi connectivity index (χ3n) is 10.5. The van der Waals surface area contributed by atoms with Crippen LogP contribution in [0.15, 0.2) is 36.4 Å². The van der Waals surface area contributed by atoms with Crippen molar-refractivity contribution >= 4 is 5.91 Å². The first kappa shape index (κ1) is 26.0. The molecule has 2 heterocycles. The van der Waals surface area contributed by atoms with E-state index in [0.29, 0.717) is 18.9 Å². The lowest BCUT2D eigenvalue weighted by atomic mass is 9.63. The Morgan fingerprint density at radius 1 is 0.974 bits per heavy atom. The van der Waals surface area contributed by atoms with Crippen LogP contribution >= 0.6 is 0 Å². The van der Waals surface area contributed by atoms with Crippen LogP contribution in [-0.2, 0) is 21.0 Å². The van der Waals surface area contributed by atoms with Crippen molar-refractivity contribution < 1.29 is 9.90 Å². The van der Waals surface area contributed by atoms with Gasteiger partial charge in [0.15, 0.2) is 0 Å². The summed E-state index contributed by atoms with van der Waals surface area (Å²) in [5, 5.41) is 16.5. The van der Waals surface area contributed by atoms with Crippen molar-refractivity contribution in [3.63, 3.8) is 0 Å². The van der Waals surface area contributed by atoms with Crippen molar-refractivity contribution in [1.29, 1.82) is 0 Å². The number of hydrogen-bond donors (Lipinski definition) is 3. The van der Waals surface area contributed by atoms with E-state index in [9.17, 15) is 9.90 Å². The minimum atomic E-state index is -0.564. The molecule has 3 unspecified atom stereocenters. The van der Waals surface area contributed by atoms with Gasteiger partial charge in [0.1, 0.15) is 6.04 Å². The van der Waals surface area contributed by atoms with Crippen LogP contribution in [0.5, 0.6) is 0 Å². The van der Waals surface area contributed by atoms with Crippen LogP contribution in [-0.4, -0.2) is 40.7 Å². The lowest BCUT2D eigenvalue weighted by Crippen LogP contribution is -2.49. The first-order valence-electron chi connectivity index (χ1n) is 14.9. The van der Waals surface area contributed by atoms with Gasteiger partial charge < -0.3 is 15.7 Å². The SMILES string of the molecule is CC1(C)CCC(C)(C)c2cc(-c3cccc(C45CCCC(NC(=O)[C@H]6NCC[C@@H]6O)CCC4C5)n3)ccc21. The first-order chi connectivity index (χ1) is 18.1. The number of aromatic nitrogens is 1. The van der Waals surface area contributed by atoms with Gasteiger partial charge in [0.2, 0.25) is 5.91 Å². The number of hydrogen-bond acceptors (Lipinski definition) is 4. The van der Waals surface area contributed by atoms with Crippen molar-refractivity contribution in [3.8, 4) is 11.3 Å². The predicted octanol–water partition coefficient (Wildman–Crippen LogP) is 5.53. The molecule has 5 nitrogen and oxygen atoms in total. The van der Waals surface area contributed by atoms with Crippen LogP contribution in [0.25, 0.3) is 11.3 Å². The van der Waals surface area contributed by atoms with Crippen LogP contribution in [0.1, 0.15) is 102 Å². The Morgan fingerprint density at radius 3 is 2.53 bits per heavy atom. The number of aliphatic hydroxyl groups excluding tert-OH is 1. The van der Waals surface area contributed by atoms with Gasteiger partial charge in [-0.2, -0.15) is 0 Å². The number of nitrogens with one attached hydrogen (secondary N) is 2. The molecule has 2 saturated carbocycles. The normalized spacial score (nSPS) is 33.4. The number of aliphatic hydroxyl groups is 1. The predicted molar refractivity (Wildman–Crippen MR) is 152 cm³/mol. The van der Waals surface area contributed by atoms with Crippen molar-refractivity contribution in [3.05, 3.63) is 53.2 Å². The molecule has 1 aromatic carbocycles. The number of amides is 1. The third-order valence-corrected chi connectivity index (χ3v) is 10.5. The minimum Gasteiger partial charge on any atom is -0.391 e. The Hall–Kier alpha value is -2.24. The largest absolute Gasteiger partial charge is 0.391 e. The lowest BCUT2D eigenvalue weighted by molar-refractivity contribution is -0.125. The number of carbonyl (C=O) groups is 1. The molecule has 4 aliphatic rings. The molecule has 5 heteroatoms. The quantitative estimate of drug-likeness (QED) is 0.501. The van der Waals surface area contributed by atoms with Crippen LogP contribution in [0, 0.1) is 5.92 Å². The van der Waals surface area contributed by atoms with Crippen LogP contribution in [0.4, 0.5) is 0 Å². The molecule has 3 N–H and O–H groups in total. The number of fused-ring (bicyclic) bond motifs is 2. The summed E-state index contributed by atoms with van der Waals surface area (Å²) in [7, 11) is 0. The summed E-state index contributed by atoms with van der Waals surface area (Å²) >= 11 is 0. The molecule has 6 rings (SSSR count). The van der Waals surface area contributed by atoms with Gasteiger partial charge in [0.05, 0.1) is 11.8 Å². The molecule has 1 saturated heterocycles. The number of nitrogens with zero attached hydrogens (tertiary/aromatic N) is 1. The van der Waals surface area contributed by atoms with E-state index in [1.807, 2.05) is 0 Å². The standard InChI is InChI=1S/C33H45N3O2/c1-31(2)16-17-32(3,4)25-19-21(10-13-24(25)31)26-8-5-9-28(36-26)33-15-6-7-23(12-11-22(33)20-33)35-30(38)29-27(37)14-18-34-29/h5,8-10,13,19,22-23,27,29,34,37H,6-7,11-12,14-18,20H2,1-4H3,(H,35,38)/t22?,23?,27-,29-,33?/m0/s1. The average molecular weight is 516 g/mol. The van der Waals surface area contributed by atoms with Gasteiger partial charge in [-0.1, -0.05) is 52.3 Å². The van der Waals surface area contributed by atoms with E-state index in [1.54, 1.807) is 0 Å². The van der Waals surface area contributed by atoms with E-state index >= 15 is 0 Å². The Morgan fingerprint density at radius 2 is 1.76 bits per heavy atom. The highest BCUT2D eigenvalue weighted by molar-refractivity contribution is 5.83. The highest BCUT2D eigenvalue weighted by atomic mass is 16.3. The molecule has 0 radical (unpaired) electrons. The van der Waals surface area contributed by atoms with Crippen LogP contribution in [0.3, 0.4) is 0 Å². The maximum Gasteiger partial charge on any atom is 0.240 e. The zero-order valence-electron chi connectivity index (χ0n) is 23.6. The fourth-order valence-corrected chi connectivity index (χ4v) is 7.73. The van der Waals surface area contributed by atoms with E-state index in [1.165, 1.54) is 41.6 Å². The summed E-state index contributed by atoms with van der Waals surface area (Å²) < 4.78 is 0.